The summed E-state index contributed by atoms with van der Waals surface area (Å²) < 4.78 is 13.9. The van der Waals surface area contributed by atoms with Gasteiger partial charge in [-0.3, -0.25) is 9.59 Å². The number of hydrogen-bond donors (Lipinski definition) is 5. The van der Waals surface area contributed by atoms with Crippen LogP contribution in [-0.4, -0.2) is 64.1 Å². The van der Waals surface area contributed by atoms with Crippen molar-refractivity contribution in [1.82, 2.24) is 15.2 Å². The first-order chi connectivity index (χ1) is 20.2. The largest absolute Gasteiger partial charge is 0.479 e. The molecule has 10 heteroatoms. The van der Waals surface area contributed by atoms with Gasteiger partial charge in [-0.2, -0.15) is 0 Å². The van der Waals surface area contributed by atoms with Crippen LogP contribution in [0, 0.1) is 12.7 Å². The molecule has 1 aliphatic heterocycles. The van der Waals surface area contributed by atoms with Gasteiger partial charge in [-0.15, -0.1) is 0 Å². The van der Waals surface area contributed by atoms with Gasteiger partial charge >= 0.3 is 5.97 Å². The molecule has 1 aromatic heterocycles. The number of benzene rings is 2. The second-order valence-corrected chi connectivity index (χ2v) is 10.3. The standard InChI is InChI=1S/C24H29FN4O2.C8H8O3/c1-4-29(5-2)12-11-26-23(30)20-14(3)27-22-16(20)7-6-8-17(22)21-18-13-15(25)9-10-19(18)28-24(21)31;9-7(8(10)11)6-4-2-1-3-5-6/h9-10,13,27H,4-8,11-12H2,1-3H3,(H,26,30)(H,28,31);1-5,7,9H,(H,10,11)/b21-17-;/t;7-/m.0/s1. The number of nitrogens with zero attached hydrogens (tertiary/aromatic N) is 1. The van der Waals surface area contributed by atoms with E-state index in [0.717, 1.165) is 55.0 Å². The van der Waals surface area contributed by atoms with Gasteiger partial charge in [0.05, 0.1) is 11.1 Å². The van der Waals surface area contributed by atoms with Gasteiger partial charge < -0.3 is 30.7 Å². The molecule has 0 fully saturated rings. The molecule has 9 nitrogen and oxygen atoms in total. The Kier molecular flexibility index (Phi) is 9.92. The first kappa shape index (κ1) is 30.7. The average Bonchev–Trinajstić information content (AvgIpc) is 3.50. The lowest BCUT2D eigenvalue weighted by atomic mass is 9.86. The lowest BCUT2D eigenvalue weighted by molar-refractivity contribution is -0.146. The molecule has 0 unspecified atom stereocenters. The van der Waals surface area contributed by atoms with Gasteiger partial charge in [0.25, 0.3) is 11.8 Å². The minimum atomic E-state index is -1.41. The van der Waals surface area contributed by atoms with E-state index < -0.39 is 12.1 Å². The number of aromatic amines is 1. The molecule has 2 heterocycles. The van der Waals surface area contributed by atoms with Crippen molar-refractivity contribution in [3.63, 3.8) is 0 Å². The fraction of sp³-hybridized carbons (Fsp3) is 0.344. The van der Waals surface area contributed by atoms with Crippen molar-refractivity contribution in [2.24, 2.45) is 0 Å². The number of aromatic nitrogens is 1. The molecule has 2 aliphatic rings. The molecule has 0 radical (unpaired) electrons. The number of carbonyl (C=O) groups is 3. The van der Waals surface area contributed by atoms with E-state index in [1.807, 2.05) is 6.92 Å². The Labute approximate surface area is 244 Å². The molecule has 42 heavy (non-hydrogen) atoms. The fourth-order valence-electron chi connectivity index (χ4n) is 5.48. The summed E-state index contributed by atoms with van der Waals surface area (Å²) in [5, 5.41) is 23.3. The summed E-state index contributed by atoms with van der Waals surface area (Å²) in [5.74, 6) is -1.91. The third-order valence-electron chi connectivity index (χ3n) is 7.66. The number of aliphatic hydroxyl groups excluding tert-OH is 1. The summed E-state index contributed by atoms with van der Waals surface area (Å²) in [6, 6.07) is 12.6. The number of carbonyl (C=O) groups excluding carboxylic acids is 2. The van der Waals surface area contributed by atoms with Crippen LogP contribution in [0.2, 0.25) is 0 Å². The van der Waals surface area contributed by atoms with Crippen LogP contribution in [-0.2, 0) is 16.0 Å². The number of allylic oxidation sites excluding steroid dienone is 1. The number of hydrogen-bond acceptors (Lipinski definition) is 5. The Morgan fingerprint density at radius 3 is 2.48 bits per heavy atom. The molecule has 1 aliphatic carbocycles. The van der Waals surface area contributed by atoms with E-state index in [1.165, 1.54) is 12.1 Å². The number of rotatable bonds is 8. The van der Waals surface area contributed by atoms with Crippen LogP contribution in [0.5, 0.6) is 0 Å². The Balaban J connectivity index is 0.000000310. The number of carboxylic acid groups (broad SMARTS) is 1. The van der Waals surface area contributed by atoms with Crippen molar-refractivity contribution in [1.29, 1.82) is 0 Å². The van der Waals surface area contributed by atoms with Crippen molar-refractivity contribution in [2.75, 3.05) is 31.5 Å². The number of aliphatic carboxylic acids is 1. The lowest BCUT2D eigenvalue weighted by Crippen LogP contribution is -2.35. The summed E-state index contributed by atoms with van der Waals surface area (Å²) in [6.07, 6.45) is 0.902. The summed E-state index contributed by atoms with van der Waals surface area (Å²) in [5.41, 5.74) is 6.22. The minimum Gasteiger partial charge on any atom is -0.479 e. The van der Waals surface area contributed by atoms with Crippen molar-refractivity contribution < 1.29 is 29.0 Å². The molecule has 0 spiro atoms. The van der Waals surface area contributed by atoms with Gasteiger partial charge in [0.2, 0.25) is 0 Å². The van der Waals surface area contributed by atoms with E-state index in [2.05, 4.69) is 34.4 Å². The molecule has 2 aromatic carbocycles. The SMILES string of the molecule is CCN(CC)CCNC(=O)c1c(C)[nH]c2c1CCC/C2=C1/C(=O)Nc2ccc(F)cc21.O=C(O)[C@@H](O)c1ccccc1. The zero-order valence-electron chi connectivity index (χ0n) is 24.1. The van der Waals surface area contributed by atoms with Gasteiger partial charge in [0, 0.05) is 35.7 Å². The number of halogens is 1. The van der Waals surface area contributed by atoms with E-state index in [4.69, 9.17) is 10.2 Å². The number of aliphatic hydroxyl groups is 1. The third-order valence-corrected chi connectivity index (χ3v) is 7.66. The topological polar surface area (TPSA) is 135 Å². The summed E-state index contributed by atoms with van der Waals surface area (Å²) in [4.78, 5) is 41.6. The van der Waals surface area contributed by atoms with Crippen LogP contribution in [0.15, 0.2) is 48.5 Å². The van der Waals surface area contributed by atoms with E-state index in [-0.39, 0.29) is 17.6 Å². The molecule has 5 N–H and O–H groups in total. The van der Waals surface area contributed by atoms with Gasteiger partial charge in [-0.25, -0.2) is 9.18 Å². The molecule has 0 saturated heterocycles. The number of H-pyrrole nitrogens is 1. The third kappa shape index (κ3) is 6.61. The van der Waals surface area contributed by atoms with Gasteiger partial charge in [-0.05, 0) is 74.2 Å². The zero-order valence-corrected chi connectivity index (χ0v) is 24.1. The second-order valence-electron chi connectivity index (χ2n) is 10.3. The number of fused-ring (bicyclic) bond motifs is 2. The molecular formula is C32H37FN4O5. The number of nitrogens with one attached hydrogen (secondary N) is 3. The Hall–Kier alpha value is -4.28. The van der Waals surface area contributed by atoms with Gasteiger partial charge in [0.1, 0.15) is 5.82 Å². The molecule has 2 amide bonds. The highest BCUT2D eigenvalue weighted by atomic mass is 19.1. The lowest BCUT2D eigenvalue weighted by Gasteiger charge is -2.19. The minimum absolute atomic E-state index is 0.0873. The maximum absolute atomic E-state index is 13.9. The van der Waals surface area contributed by atoms with Crippen LogP contribution >= 0.6 is 0 Å². The Bertz CT molecular complexity index is 1490. The zero-order chi connectivity index (χ0) is 30.4. The predicted octanol–water partition coefficient (Wildman–Crippen LogP) is 4.54. The van der Waals surface area contributed by atoms with Crippen LogP contribution in [0.25, 0.3) is 11.1 Å². The fourth-order valence-corrected chi connectivity index (χ4v) is 5.48. The molecule has 0 saturated carbocycles. The molecule has 1 atom stereocenters. The average molecular weight is 577 g/mol. The smallest absolute Gasteiger partial charge is 0.337 e. The van der Waals surface area contributed by atoms with Crippen molar-refractivity contribution in [2.45, 2.75) is 46.1 Å². The number of amides is 2. The predicted molar refractivity (Wildman–Crippen MR) is 159 cm³/mol. The quantitative estimate of drug-likeness (QED) is 0.250. The number of aryl methyl sites for hydroxylation is 1. The Morgan fingerprint density at radius 2 is 1.81 bits per heavy atom. The molecule has 222 valence electrons. The van der Waals surface area contributed by atoms with E-state index in [1.54, 1.807) is 36.4 Å². The normalized spacial score (nSPS) is 16.2. The first-order valence-electron chi connectivity index (χ1n) is 14.2. The first-order valence-corrected chi connectivity index (χ1v) is 14.2. The number of carboxylic acids is 1. The highest BCUT2D eigenvalue weighted by molar-refractivity contribution is 6.37. The van der Waals surface area contributed by atoms with Crippen LogP contribution in [0.4, 0.5) is 10.1 Å². The molecule has 0 bridgehead atoms. The van der Waals surface area contributed by atoms with Gasteiger partial charge in [-0.1, -0.05) is 44.2 Å². The number of anilines is 1. The summed E-state index contributed by atoms with van der Waals surface area (Å²) in [7, 11) is 0. The molecule has 5 rings (SSSR count). The highest BCUT2D eigenvalue weighted by Gasteiger charge is 2.33. The number of likely N-dealkylation sites (N-methyl/N-ethyl adjacent to an activating group) is 1. The second kappa shape index (κ2) is 13.6. The molecular weight excluding hydrogens is 539 g/mol. The van der Waals surface area contributed by atoms with Crippen molar-refractivity contribution in [3.8, 4) is 0 Å². The van der Waals surface area contributed by atoms with Crippen molar-refractivity contribution in [3.05, 3.63) is 88.0 Å². The van der Waals surface area contributed by atoms with Crippen LogP contribution < -0.4 is 10.6 Å². The van der Waals surface area contributed by atoms with E-state index >= 15 is 0 Å². The summed E-state index contributed by atoms with van der Waals surface area (Å²) in [6.45, 7) is 9.40. The van der Waals surface area contributed by atoms with E-state index in [9.17, 15) is 18.8 Å². The summed E-state index contributed by atoms with van der Waals surface area (Å²) >= 11 is 0. The van der Waals surface area contributed by atoms with E-state index in [0.29, 0.717) is 40.9 Å². The Morgan fingerprint density at radius 1 is 1.10 bits per heavy atom. The molecule has 3 aromatic rings. The van der Waals surface area contributed by atoms with Crippen LogP contribution in [0.3, 0.4) is 0 Å². The maximum atomic E-state index is 13.9. The van der Waals surface area contributed by atoms with Crippen LogP contribution in [0.1, 0.15) is 71.2 Å². The highest BCUT2D eigenvalue weighted by Crippen LogP contribution is 2.43. The maximum Gasteiger partial charge on any atom is 0.337 e. The monoisotopic (exact) mass is 576 g/mol. The van der Waals surface area contributed by atoms with Crippen molar-refractivity contribution >= 4 is 34.6 Å². The van der Waals surface area contributed by atoms with Gasteiger partial charge in [0.15, 0.2) is 6.10 Å².